The van der Waals surface area contributed by atoms with Crippen molar-refractivity contribution in [2.24, 2.45) is 5.92 Å². The Bertz CT molecular complexity index is 1970. The van der Waals surface area contributed by atoms with Crippen molar-refractivity contribution in [1.82, 2.24) is 4.57 Å². The number of rotatable bonds is 10. The zero-order chi connectivity index (χ0) is 35.3. The van der Waals surface area contributed by atoms with E-state index in [0.717, 1.165) is 34.2 Å². The molecule has 0 radical (unpaired) electrons. The molecule has 49 heavy (non-hydrogen) atoms. The Labute approximate surface area is 285 Å². The Balaban J connectivity index is 1.28. The van der Waals surface area contributed by atoms with E-state index in [1.54, 1.807) is 19.9 Å². The molecule has 0 amide bonds. The van der Waals surface area contributed by atoms with Crippen LogP contribution in [0.1, 0.15) is 85.0 Å². The molecule has 2 aliphatic rings. The molecule has 1 N–H and O–H groups in total. The van der Waals surface area contributed by atoms with E-state index in [2.05, 4.69) is 0 Å². The van der Waals surface area contributed by atoms with Gasteiger partial charge < -0.3 is 14.4 Å². The van der Waals surface area contributed by atoms with E-state index in [1.807, 2.05) is 54.1 Å². The zero-order valence-corrected chi connectivity index (χ0v) is 29.1. The second-order valence-electron chi connectivity index (χ2n) is 14.1. The standard InChI is InChI=1S/C38H43F3N2O5S/c1-5-25-22-43-23-37(2,3)49(46,47)42(4)32-19-28(18-31(25)36(32)43)34(45)20-27(17-24-9-7-6-8-10-24)33(44)14-11-26-15-16-48-35-21-29(38(39,40)41)12-13-30(26)35/h6-10,12-13,18-19,21-22,26-27,33,44H,5,11,14-17,20,23H2,1-4H3/t26-,27-,33-/m1/s1. The number of hydrogen-bond donors (Lipinski definition) is 1. The van der Waals surface area contributed by atoms with Gasteiger partial charge in [0.25, 0.3) is 0 Å². The SMILES string of the molecule is CCc1cn2c3c(cc(C(=O)C[C@@H](Cc4ccccc4)[C@H](O)CC[C@@H]4CCOc5cc(C(F)(F)F)ccc54)cc13)N(C)S(=O)(=O)C(C)(C)C2. The lowest BCUT2D eigenvalue weighted by Crippen LogP contribution is -2.44. The molecule has 4 aromatic rings. The van der Waals surface area contributed by atoms with Gasteiger partial charge in [0.15, 0.2) is 5.78 Å². The van der Waals surface area contributed by atoms with Crippen LogP contribution in [-0.4, -0.2) is 48.4 Å². The number of aromatic nitrogens is 1. The molecule has 2 aliphatic heterocycles. The largest absolute Gasteiger partial charge is 0.493 e. The van der Waals surface area contributed by atoms with Crippen LogP contribution in [0, 0.1) is 5.92 Å². The lowest BCUT2D eigenvalue weighted by Gasteiger charge is -2.29. The van der Waals surface area contributed by atoms with Crippen molar-refractivity contribution >= 4 is 32.4 Å². The molecule has 1 aromatic heterocycles. The van der Waals surface area contributed by atoms with Crippen LogP contribution in [0.2, 0.25) is 0 Å². The fourth-order valence-corrected chi connectivity index (χ4v) is 8.89. The van der Waals surface area contributed by atoms with Gasteiger partial charge in [-0.05, 0) is 98.7 Å². The first kappa shape index (κ1) is 35.0. The Morgan fingerprint density at radius 1 is 1.10 bits per heavy atom. The topological polar surface area (TPSA) is 88.8 Å². The summed E-state index contributed by atoms with van der Waals surface area (Å²) in [6.07, 6.45) is -0.689. The number of aliphatic hydroxyl groups excluding tert-OH is 1. The predicted octanol–water partition coefficient (Wildman–Crippen LogP) is 7.92. The van der Waals surface area contributed by atoms with Crippen molar-refractivity contribution in [2.75, 3.05) is 18.0 Å². The second-order valence-corrected chi connectivity index (χ2v) is 16.7. The molecule has 6 rings (SSSR count). The molecule has 0 spiro atoms. The van der Waals surface area contributed by atoms with E-state index < -0.39 is 38.5 Å². The maximum Gasteiger partial charge on any atom is 0.416 e. The van der Waals surface area contributed by atoms with Crippen LogP contribution < -0.4 is 9.04 Å². The van der Waals surface area contributed by atoms with Gasteiger partial charge in [0.05, 0.1) is 29.5 Å². The monoisotopic (exact) mass is 696 g/mol. The van der Waals surface area contributed by atoms with Crippen molar-refractivity contribution in [2.45, 2.75) is 88.8 Å². The normalized spacial score (nSPS) is 19.5. The average Bonchev–Trinajstić information content (AvgIpc) is 3.39. The fourth-order valence-electron chi connectivity index (χ4n) is 7.45. The van der Waals surface area contributed by atoms with Crippen molar-refractivity contribution in [3.8, 4) is 5.75 Å². The Hall–Kier alpha value is -3.83. The van der Waals surface area contributed by atoms with Crippen LogP contribution in [0.5, 0.6) is 5.75 Å². The lowest BCUT2D eigenvalue weighted by molar-refractivity contribution is -0.137. The smallest absolute Gasteiger partial charge is 0.416 e. The lowest BCUT2D eigenvalue weighted by atomic mass is 9.82. The highest BCUT2D eigenvalue weighted by Crippen LogP contribution is 2.42. The first-order chi connectivity index (χ1) is 23.1. The highest BCUT2D eigenvalue weighted by atomic mass is 32.2. The van der Waals surface area contributed by atoms with Crippen molar-refractivity contribution in [3.63, 3.8) is 0 Å². The van der Waals surface area contributed by atoms with Gasteiger partial charge in [-0.1, -0.05) is 43.3 Å². The number of alkyl halides is 3. The first-order valence-electron chi connectivity index (χ1n) is 16.8. The van der Waals surface area contributed by atoms with E-state index in [-0.39, 0.29) is 37.0 Å². The van der Waals surface area contributed by atoms with E-state index >= 15 is 0 Å². The third-order valence-corrected chi connectivity index (χ3v) is 12.8. The van der Waals surface area contributed by atoms with E-state index in [4.69, 9.17) is 4.74 Å². The van der Waals surface area contributed by atoms with Gasteiger partial charge in [-0.3, -0.25) is 9.10 Å². The molecule has 7 nitrogen and oxygen atoms in total. The number of sulfonamides is 1. The minimum Gasteiger partial charge on any atom is -0.493 e. The van der Waals surface area contributed by atoms with Gasteiger partial charge in [0, 0.05) is 37.2 Å². The Morgan fingerprint density at radius 2 is 1.84 bits per heavy atom. The van der Waals surface area contributed by atoms with Crippen LogP contribution >= 0.6 is 0 Å². The van der Waals surface area contributed by atoms with Crippen molar-refractivity contribution in [3.05, 3.63) is 94.7 Å². The number of anilines is 1. The number of nitrogens with zero attached hydrogens (tertiary/aromatic N) is 2. The minimum absolute atomic E-state index is 0.0322. The molecular formula is C38H43F3N2O5S. The molecule has 0 saturated heterocycles. The number of ether oxygens (including phenoxy) is 1. The summed E-state index contributed by atoms with van der Waals surface area (Å²) in [7, 11) is -2.22. The van der Waals surface area contributed by atoms with Crippen molar-refractivity contribution < 1.29 is 36.2 Å². The maximum absolute atomic E-state index is 14.2. The molecule has 262 valence electrons. The quantitative estimate of drug-likeness (QED) is 0.170. The molecule has 0 bridgehead atoms. The molecule has 3 aromatic carbocycles. The number of aryl methyl sites for hydroxylation is 1. The zero-order valence-electron chi connectivity index (χ0n) is 28.3. The van der Waals surface area contributed by atoms with E-state index in [1.165, 1.54) is 17.4 Å². The second kappa shape index (κ2) is 13.1. The number of aliphatic hydroxyl groups is 1. The van der Waals surface area contributed by atoms with Gasteiger partial charge >= 0.3 is 6.18 Å². The molecular weight excluding hydrogens is 653 g/mol. The molecule has 3 heterocycles. The Morgan fingerprint density at radius 3 is 2.53 bits per heavy atom. The molecule has 0 saturated carbocycles. The minimum atomic E-state index is -4.47. The molecule has 0 fully saturated rings. The van der Waals surface area contributed by atoms with Crippen LogP contribution in [0.3, 0.4) is 0 Å². The summed E-state index contributed by atoms with van der Waals surface area (Å²) in [6.45, 7) is 6.02. The summed E-state index contributed by atoms with van der Waals surface area (Å²) in [5, 5.41) is 12.5. The number of carbonyl (C=O) groups excluding carboxylic acids is 1. The van der Waals surface area contributed by atoms with Crippen LogP contribution in [0.25, 0.3) is 10.9 Å². The first-order valence-corrected chi connectivity index (χ1v) is 18.3. The Kier molecular flexibility index (Phi) is 9.38. The third kappa shape index (κ3) is 6.71. The van der Waals surface area contributed by atoms with Gasteiger partial charge in [0.1, 0.15) is 10.5 Å². The van der Waals surface area contributed by atoms with Gasteiger partial charge in [-0.2, -0.15) is 13.2 Å². The average molecular weight is 697 g/mol. The maximum atomic E-state index is 14.2. The van der Waals surface area contributed by atoms with Gasteiger partial charge in [0.2, 0.25) is 10.0 Å². The molecule has 0 unspecified atom stereocenters. The summed E-state index contributed by atoms with van der Waals surface area (Å²) in [5.41, 5.74) is 3.56. The summed E-state index contributed by atoms with van der Waals surface area (Å²) in [5.74, 6) is -0.514. The van der Waals surface area contributed by atoms with Gasteiger partial charge in [-0.25, -0.2) is 8.42 Å². The molecule has 11 heteroatoms. The number of hydrogen-bond acceptors (Lipinski definition) is 5. The van der Waals surface area contributed by atoms with Crippen LogP contribution in [-0.2, 0) is 35.6 Å². The van der Waals surface area contributed by atoms with E-state index in [9.17, 15) is 31.5 Å². The highest BCUT2D eigenvalue weighted by Gasteiger charge is 2.42. The van der Waals surface area contributed by atoms with E-state index in [0.29, 0.717) is 48.9 Å². The van der Waals surface area contributed by atoms with Crippen LogP contribution in [0.4, 0.5) is 18.9 Å². The van der Waals surface area contributed by atoms with Gasteiger partial charge in [-0.15, -0.1) is 0 Å². The summed E-state index contributed by atoms with van der Waals surface area (Å²) in [6, 6.07) is 16.7. The summed E-state index contributed by atoms with van der Waals surface area (Å²) >= 11 is 0. The molecule has 3 atom stereocenters. The number of Topliss-reactive ketones (excluding diaryl/α,β-unsaturated/α-hetero) is 1. The number of fused-ring (bicyclic) bond motifs is 1. The third-order valence-electron chi connectivity index (χ3n) is 10.3. The fraction of sp³-hybridized carbons (Fsp3) is 0.447. The summed E-state index contributed by atoms with van der Waals surface area (Å²) < 4.78 is 75.0. The van der Waals surface area contributed by atoms with Crippen molar-refractivity contribution in [1.29, 1.82) is 0 Å². The predicted molar refractivity (Wildman–Crippen MR) is 185 cm³/mol. The molecule has 0 aliphatic carbocycles. The number of ketones is 1. The number of carbonyl (C=O) groups is 1. The highest BCUT2D eigenvalue weighted by molar-refractivity contribution is 7.94. The van der Waals surface area contributed by atoms with Crippen LogP contribution in [0.15, 0.2) is 66.9 Å². The summed E-state index contributed by atoms with van der Waals surface area (Å²) in [4.78, 5) is 14.2. The number of benzene rings is 3. The number of halogens is 3.